The SMILES string of the molecule is CC(C)N(Cc1ccc(C#N)cc1)C(=O)c1cccc(N2CCCC2=O)c1. The molecule has 0 N–H and O–H groups in total. The van der Waals surface area contributed by atoms with Crippen molar-refractivity contribution in [1.29, 1.82) is 5.26 Å². The second-order valence-corrected chi connectivity index (χ2v) is 7.03. The van der Waals surface area contributed by atoms with Crippen LogP contribution in [0.3, 0.4) is 0 Å². The van der Waals surface area contributed by atoms with Crippen LogP contribution < -0.4 is 4.90 Å². The molecule has 138 valence electrons. The molecule has 1 aliphatic rings. The summed E-state index contributed by atoms with van der Waals surface area (Å²) in [5, 5.41) is 8.93. The van der Waals surface area contributed by atoms with Crippen LogP contribution in [0.1, 0.15) is 48.2 Å². The Labute approximate surface area is 159 Å². The minimum Gasteiger partial charge on any atom is -0.332 e. The van der Waals surface area contributed by atoms with Crippen LogP contribution in [-0.4, -0.2) is 29.3 Å². The van der Waals surface area contributed by atoms with Gasteiger partial charge in [-0.05, 0) is 56.2 Å². The number of carbonyl (C=O) groups is 2. The topological polar surface area (TPSA) is 64.4 Å². The Balaban J connectivity index is 1.82. The fraction of sp³-hybridized carbons (Fsp3) is 0.318. The van der Waals surface area contributed by atoms with Gasteiger partial charge in [0.1, 0.15) is 0 Å². The highest BCUT2D eigenvalue weighted by Crippen LogP contribution is 2.23. The zero-order valence-corrected chi connectivity index (χ0v) is 15.7. The van der Waals surface area contributed by atoms with Crippen molar-refractivity contribution in [2.45, 2.75) is 39.3 Å². The number of hydrogen-bond acceptors (Lipinski definition) is 3. The molecule has 1 fully saturated rings. The van der Waals surface area contributed by atoms with Crippen molar-refractivity contribution in [3.8, 4) is 6.07 Å². The molecule has 1 aliphatic heterocycles. The third kappa shape index (κ3) is 4.17. The first-order valence-corrected chi connectivity index (χ1v) is 9.20. The van der Waals surface area contributed by atoms with Crippen LogP contribution in [-0.2, 0) is 11.3 Å². The molecule has 0 aromatic heterocycles. The van der Waals surface area contributed by atoms with Crippen molar-refractivity contribution < 1.29 is 9.59 Å². The van der Waals surface area contributed by atoms with Gasteiger partial charge >= 0.3 is 0 Å². The maximum atomic E-state index is 13.1. The van der Waals surface area contributed by atoms with E-state index in [-0.39, 0.29) is 17.9 Å². The number of nitriles is 1. The van der Waals surface area contributed by atoms with Crippen LogP contribution in [0.5, 0.6) is 0 Å². The number of rotatable bonds is 5. The molecule has 2 aromatic rings. The molecule has 0 spiro atoms. The molecule has 0 atom stereocenters. The molecule has 3 rings (SSSR count). The summed E-state index contributed by atoms with van der Waals surface area (Å²) in [5.74, 6) is 0.0424. The van der Waals surface area contributed by atoms with Gasteiger partial charge in [0.05, 0.1) is 11.6 Å². The van der Waals surface area contributed by atoms with E-state index in [0.717, 1.165) is 17.7 Å². The van der Waals surface area contributed by atoms with E-state index in [4.69, 9.17) is 5.26 Å². The Morgan fingerprint density at radius 3 is 2.56 bits per heavy atom. The maximum Gasteiger partial charge on any atom is 0.254 e. The number of hydrogen-bond donors (Lipinski definition) is 0. The van der Waals surface area contributed by atoms with E-state index >= 15 is 0 Å². The van der Waals surface area contributed by atoms with Crippen LogP contribution >= 0.6 is 0 Å². The first-order chi connectivity index (χ1) is 13.0. The molecule has 0 unspecified atom stereocenters. The van der Waals surface area contributed by atoms with Crippen LogP contribution in [0.15, 0.2) is 48.5 Å². The summed E-state index contributed by atoms with van der Waals surface area (Å²) < 4.78 is 0. The van der Waals surface area contributed by atoms with Gasteiger partial charge in [-0.3, -0.25) is 9.59 Å². The van der Waals surface area contributed by atoms with Crippen LogP contribution in [0.4, 0.5) is 5.69 Å². The Hall–Kier alpha value is -3.13. The number of anilines is 1. The van der Waals surface area contributed by atoms with Crippen molar-refractivity contribution in [3.63, 3.8) is 0 Å². The number of nitrogens with zero attached hydrogens (tertiary/aromatic N) is 3. The van der Waals surface area contributed by atoms with E-state index in [9.17, 15) is 9.59 Å². The summed E-state index contributed by atoms with van der Waals surface area (Å²) in [6.07, 6.45) is 1.42. The maximum absolute atomic E-state index is 13.1. The van der Waals surface area contributed by atoms with E-state index in [2.05, 4.69) is 6.07 Å². The summed E-state index contributed by atoms with van der Waals surface area (Å²) in [6.45, 7) is 5.13. The Kier molecular flexibility index (Phi) is 5.56. The molecule has 1 saturated heterocycles. The van der Waals surface area contributed by atoms with Gasteiger partial charge < -0.3 is 9.80 Å². The summed E-state index contributed by atoms with van der Waals surface area (Å²) in [4.78, 5) is 28.7. The molecule has 0 radical (unpaired) electrons. The summed E-state index contributed by atoms with van der Waals surface area (Å²) in [5.41, 5.74) is 2.94. The van der Waals surface area contributed by atoms with Crippen molar-refractivity contribution in [2.24, 2.45) is 0 Å². The Morgan fingerprint density at radius 2 is 1.96 bits per heavy atom. The summed E-state index contributed by atoms with van der Waals surface area (Å²) >= 11 is 0. The summed E-state index contributed by atoms with van der Waals surface area (Å²) in [6, 6.07) is 16.7. The lowest BCUT2D eigenvalue weighted by atomic mass is 10.1. The van der Waals surface area contributed by atoms with Gasteiger partial charge in [-0.2, -0.15) is 5.26 Å². The fourth-order valence-corrected chi connectivity index (χ4v) is 3.26. The zero-order chi connectivity index (χ0) is 19.4. The monoisotopic (exact) mass is 361 g/mol. The van der Waals surface area contributed by atoms with Crippen molar-refractivity contribution >= 4 is 17.5 Å². The second kappa shape index (κ2) is 8.05. The first kappa shape index (κ1) is 18.7. The first-order valence-electron chi connectivity index (χ1n) is 9.20. The molecule has 0 saturated carbocycles. The van der Waals surface area contributed by atoms with Gasteiger partial charge in [-0.25, -0.2) is 0 Å². The predicted octanol–water partition coefficient (Wildman–Crippen LogP) is 3.74. The largest absolute Gasteiger partial charge is 0.332 e. The third-order valence-corrected chi connectivity index (χ3v) is 4.80. The number of carbonyl (C=O) groups excluding carboxylic acids is 2. The third-order valence-electron chi connectivity index (χ3n) is 4.80. The molecule has 1 heterocycles. The van der Waals surface area contributed by atoms with Crippen molar-refractivity contribution in [2.75, 3.05) is 11.4 Å². The van der Waals surface area contributed by atoms with Gasteiger partial charge in [0, 0.05) is 36.8 Å². The molecule has 5 nitrogen and oxygen atoms in total. The molecule has 27 heavy (non-hydrogen) atoms. The van der Waals surface area contributed by atoms with Crippen LogP contribution in [0, 0.1) is 11.3 Å². The zero-order valence-electron chi connectivity index (χ0n) is 15.7. The molecule has 2 amide bonds. The fourth-order valence-electron chi connectivity index (χ4n) is 3.26. The molecule has 5 heteroatoms. The van der Waals surface area contributed by atoms with Crippen LogP contribution in [0.25, 0.3) is 0 Å². The Morgan fingerprint density at radius 1 is 1.22 bits per heavy atom. The molecular formula is C22H23N3O2. The van der Waals surface area contributed by atoms with E-state index in [1.165, 1.54) is 0 Å². The normalized spacial score (nSPS) is 13.7. The lowest BCUT2D eigenvalue weighted by Crippen LogP contribution is -2.36. The molecule has 0 bridgehead atoms. The smallest absolute Gasteiger partial charge is 0.254 e. The van der Waals surface area contributed by atoms with Crippen LogP contribution in [0.2, 0.25) is 0 Å². The standard InChI is InChI=1S/C22H23N3O2/c1-16(2)25(15-18-10-8-17(14-23)9-11-18)22(27)19-5-3-6-20(13-19)24-12-4-7-21(24)26/h3,5-6,8-11,13,16H,4,7,12,15H2,1-2H3. The van der Waals surface area contributed by atoms with E-state index in [1.54, 1.807) is 34.1 Å². The lowest BCUT2D eigenvalue weighted by molar-refractivity contribution is -0.117. The highest BCUT2D eigenvalue weighted by atomic mass is 16.2. The van der Waals surface area contributed by atoms with Gasteiger partial charge in [-0.15, -0.1) is 0 Å². The average molecular weight is 361 g/mol. The Bertz CT molecular complexity index is 881. The van der Waals surface area contributed by atoms with E-state index < -0.39 is 0 Å². The van der Waals surface area contributed by atoms with Crippen molar-refractivity contribution in [3.05, 3.63) is 65.2 Å². The van der Waals surface area contributed by atoms with Crippen molar-refractivity contribution in [1.82, 2.24) is 4.90 Å². The number of amides is 2. The predicted molar refractivity (Wildman–Crippen MR) is 104 cm³/mol. The van der Waals surface area contributed by atoms with E-state index in [1.807, 2.05) is 38.1 Å². The second-order valence-electron chi connectivity index (χ2n) is 7.03. The quantitative estimate of drug-likeness (QED) is 0.815. The van der Waals surface area contributed by atoms with Gasteiger partial charge in [0.25, 0.3) is 5.91 Å². The average Bonchev–Trinajstić information content (AvgIpc) is 3.12. The minimum absolute atomic E-state index is 0.0187. The van der Waals surface area contributed by atoms with Gasteiger partial charge in [-0.1, -0.05) is 18.2 Å². The van der Waals surface area contributed by atoms with Gasteiger partial charge in [0.15, 0.2) is 0 Å². The lowest BCUT2D eigenvalue weighted by Gasteiger charge is -2.27. The highest BCUT2D eigenvalue weighted by Gasteiger charge is 2.24. The van der Waals surface area contributed by atoms with Gasteiger partial charge in [0.2, 0.25) is 5.91 Å². The molecular weight excluding hydrogens is 338 g/mol. The minimum atomic E-state index is -0.0668. The molecule has 0 aliphatic carbocycles. The molecule has 2 aromatic carbocycles. The van der Waals surface area contributed by atoms with E-state index in [0.29, 0.717) is 30.6 Å². The highest BCUT2D eigenvalue weighted by molar-refractivity contribution is 5.99. The summed E-state index contributed by atoms with van der Waals surface area (Å²) in [7, 11) is 0. The number of benzene rings is 2.